The molecule has 1 aromatic carbocycles. The smallest absolute Gasteiger partial charge is 0.411 e. The van der Waals surface area contributed by atoms with E-state index >= 15 is 0 Å². The van der Waals surface area contributed by atoms with Gasteiger partial charge < -0.3 is 4.74 Å². The molecule has 0 unspecified atom stereocenters. The van der Waals surface area contributed by atoms with Crippen LogP contribution in [-0.2, 0) is 16.1 Å². The first-order valence-corrected chi connectivity index (χ1v) is 7.31. The molecule has 0 saturated carbocycles. The van der Waals surface area contributed by atoms with E-state index < -0.39 is 11.7 Å². The van der Waals surface area contributed by atoms with Crippen LogP contribution in [0.2, 0.25) is 0 Å². The number of rotatable bonds is 3. The highest BCUT2D eigenvalue weighted by molar-refractivity contribution is 5.93. The molecule has 22 heavy (non-hydrogen) atoms. The van der Waals surface area contributed by atoms with Crippen LogP contribution in [0.1, 0.15) is 26.3 Å². The van der Waals surface area contributed by atoms with Crippen molar-refractivity contribution in [2.45, 2.75) is 32.9 Å². The van der Waals surface area contributed by atoms with Gasteiger partial charge in [0.25, 0.3) is 0 Å². The largest absolute Gasteiger partial charge is 0.444 e. The van der Waals surface area contributed by atoms with Crippen molar-refractivity contribution in [1.82, 2.24) is 10.2 Å². The topological polar surface area (TPSA) is 58.6 Å². The number of hydrogen-bond donors (Lipinski definition) is 1. The lowest BCUT2D eigenvalue weighted by Gasteiger charge is -2.27. The molecule has 0 fully saturated rings. The Kier molecular flexibility index (Phi) is 4.98. The number of ether oxygens (including phenoxy) is 1. The monoisotopic (exact) mass is 302 g/mol. The van der Waals surface area contributed by atoms with Crippen LogP contribution in [0.3, 0.4) is 0 Å². The van der Waals surface area contributed by atoms with Crippen LogP contribution in [0.4, 0.5) is 4.79 Å². The fourth-order valence-electron chi connectivity index (χ4n) is 2.27. The molecule has 1 heterocycles. The highest BCUT2D eigenvalue weighted by Crippen LogP contribution is 2.12. The minimum atomic E-state index is -0.562. The standard InChI is InChI=1S/C17H22N2O3/c1-17(2,3)22-16(21)18-14-9-15(20)12-19(11-14)10-13-7-5-4-6-8-13/h4-9H,10-12H2,1-3H3,(H,18,21). The first kappa shape index (κ1) is 16.2. The van der Waals surface area contributed by atoms with Crippen molar-refractivity contribution >= 4 is 11.9 Å². The number of nitrogens with zero attached hydrogens (tertiary/aromatic N) is 1. The number of carbonyl (C=O) groups is 2. The second kappa shape index (κ2) is 6.75. The fourth-order valence-corrected chi connectivity index (χ4v) is 2.27. The molecule has 1 aliphatic heterocycles. The molecule has 0 aromatic heterocycles. The molecule has 1 amide bonds. The second-order valence-corrected chi connectivity index (χ2v) is 6.39. The van der Waals surface area contributed by atoms with E-state index in [1.54, 1.807) is 20.8 Å². The summed E-state index contributed by atoms with van der Waals surface area (Å²) in [5.74, 6) is -0.0201. The highest BCUT2D eigenvalue weighted by atomic mass is 16.6. The maximum atomic E-state index is 11.8. The van der Waals surface area contributed by atoms with E-state index in [0.717, 1.165) is 5.56 Å². The van der Waals surface area contributed by atoms with Crippen molar-refractivity contribution in [1.29, 1.82) is 0 Å². The van der Waals surface area contributed by atoms with E-state index in [0.29, 0.717) is 25.3 Å². The van der Waals surface area contributed by atoms with Crippen molar-refractivity contribution in [2.75, 3.05) is 13.1 Å². The van der Waals surface area contributed by atoms with Gasteiger partial charge in [0.2, 0.25) is 0 Å². The molecule has 0 saturated heterocycles. The highest BCUT2D eigenvalue weighted by Gasteiger charge is 2.22. The summed E-state index contributed by atoms with van der Waals surface area (Å²) in [4.78, 5) is 25.6. The third-order valence-corrected chi connectivity index (χ3v) is 3.02. The van der Waals surface area contributed by atoms with E-state index in [1.165, 1.54) is 6.08 Å². The van der Waals surface area contributed by atoms with Gasteiger partial charge in [-0.2, -0.15) is 0 Å². The molecule has 0 aliphatic carbocycles. The quantitative estimate of drug-likeness (QED) is 0.932. The predicted molar refractivity (Wildman–Crippen MR) is 84.2 cm³/mol. The van der Waals surface area contributed by atoms with E-state index in [9.17, 15) is 9.59 Å². The average Bonchev–Trinajstić information content (AvgIpc) is 2.36. The summed E-state index contributed by atoms with van der Waals surface area (Å²) < 4.78 is 5.21. The Morgan fingerprint density at radius 3 is 2.55 bits per heavy atom. The van der Waals surface area contributed by atoms with Crippen LogP contribution in [0.5, 0.6) is 0 Å². The summed E-state index contributed by atoms with van der Waals surface area (Å²) in [6.45, 7) is 6.94. The van der Waals surface area contributed by atoms with Crippen molar-refractivity contribution < 1.29 is 14.3 Å². The van der Waals surface area contributed by atoms with E-state index in [1.807, 2.05) is 35.2 Å². The Bertz CT molecular complexity index is 573. The minimum Gasteiger partial charge on any atom is -0.444 e. The van der Waals surface area contributed by atoms with E-state index in [4.69, 9.17) is 4.74 Å². The molecule has 118 valence electrons. The predicted octanol–water partition coefficient (Wildman–Crippen LogP) is 2.48. The van der Waals surface area contributed by atoms with Gasteiger partial charge in [-0.25, -0.2) is 4.79 Å². The molecule has 0 bridgehead atoms. The molecule has 1 aromatic rings. The zero-order valence-corrected chi connectivity index (χ0v) is 13.3. The molecule has 0 atom stereocenters. The van der Waals surface area contributed by atoms with Gasteiger partial charge in [-0.3, -0.25) is 15.0 Å². The average molecular weight is 302 g/mol. The summed E-state index contributed by atoms with van der Waals surface area (Å²) in [7, 11) is 0. The van der Waals surface area contributed by atoms with Crippen molar-refractivity contribution in [2.24, 2.45) is 0 Å². The van der Waals surface area contributed by atoms with Gasteiger partial charge in [0.15, 0.2) is 5.78 Å². The van der Waals surface area contributed by atoms with Gasteiger partial charge in [-0.05, 0) is 26.3 Å². The van der Waals surface area contributed by atoms with E-state index in [-0.39, 0.29) is 5.78 Å². The zero-order chi connectivity index (χ0) is 16.2. The lowest BCUT2D eigenvalue weighted by atomic mass is 10.1. The van der Waals surface area contributed by atoms with Crippen molar-refractivity contribution in [3.63, 3.8) is 0 Å². The maximum Gasteiger partial charge on any atom is 0.411 e. The van der Waals surface area contributed by atoms with Crippen molar-refractivity contribution in [3.8, 4) is 0 Å². The molecule has 2 rings (SSSR count). The molecule has 5 nitrogen and oxygen atoms in total. The second-order valence-electron chi connectivity index (χ2n) is 6.39. The van der Waals surface area contributed by atoms with E-state index in [2.05, 4.69) is 5.32 Å². The van der Waals surface area contributed by atoms with Gasteiger partial charge in [0, 0.05) is 24.9 Å². The normalized spacial score (nSPS) is 16.1. The van der Waals surface area contributed by atoms with Crippen LogP contribution in [0.25, 0.3) is 0 Å². The molecule has 0 spiro atoms. The van der Waals surface area contributed by atoms with Gasteiger partial charge in [-0.1, -0.05) is 30.3 Å². The number of carbonyl (C=O) groups excluding carboxylic acids is 2. The Balaban J connectivity index is 1.95. The Morgan fingerprint density at radius 1 is 1.23 bits per heavy atom. The number of nitrogens with one attached hydrogen (secondary N) is 1. The molecule has 0 radical (unpaired) electrons. The number of amides is 1. The first-order valence-electron chi connectivity index (χ1n) is 7.31. The summed E-state index contributed by atoms with van der Waals surface area (Å²) >= 11 is 0. The molecule has 1 N–H and O–H groups in total. The third-order valence-electron chi connectivity index (χ3n) is 3.02. The van der Waals surface area contributed by atoms with Gasteiger partial charge in [0.1, 0.15) is 5.60 Å². The Labute approximate surface area is 130 Å². The summed E-state index contributed by atoms with van der Waals surface area (Å²) in [6, 6.07) is 9.93. The van der Waals surface area contributed by atoms with Crippen LogP contribution in [0.15, 0.2) is 42.1 Å². The van der Waals surface area contributed by atoms with Crippen molar-refractivity contribution in [3.05, 3.63) is 47.7 Å². The number of ketones is 1. The van der Waals surface area contributed by atoms with Crippen LogP contribution >= 0.6 is 0 Å². The van der Waals surface area contributed by atoms with Crippen LogP contribution in [-0.4, -0.2) is 35.5 Å². The van der Waals surface area contributed by atoms with Gasteiger partial charge in [0.05, 0.1) is 6.54 Å². The maximum absolute atomic E-state index is 11.8. The molecule has 1 aliphatic rings. The Hall–Kier alpha value is -2.14. The molecule has 5 heteroatoms. The number of benzene rings is 1. The summed E-state index contributed by atoms with van der Waals surface area (Å²) in [6.07, 6.45) is 0.943. The molecular weight excluding hydrogens is 280 g/mol. The third kappa shape index (κ3) is 5.33. The van der Waals surface area contributed by atoms with Gasteiger partial charge >= 0.3 is 6.09 Å². The number of alkyl carbamates (subject to hydrolysis) is 1. The number of hydrogen-bond acceptors (Lipinski definition) is 4. The van der Waals surface area contributed by atoms with Crippen LogP contribution < -0.4 is 5.32 Å². The fraction of sp³-hybridized carbons (Fsp3) is 0.412. The lowest BCUT2D eigenvalue weighted by Crippen LogP contribution is -2.41. The lowest BCUT2D eigenvalue weighted by molar-refractivity contribution is -0.116. The Morgan fingerprint density at radius 2 is 1.91 bits per heavy atom. The summed E-state index contributed by atoms with van der Waals surface area (Å²) in [5.41, 5.74) is 1.14. The summed E-state index contributed by atoms with van der Waals surface area (Å²) in [5, 5.41) is 2.66. The zero-order valence-electron chi connectivity index (χ0n) is 13.3. The SMILES string of the molecule is CC(C)(C)OC(=O)NC1=CC(=O)CN(Cc2ccccc2)C1. The van der Waals surface area contributed by atoms with Crippen LogP contribution in [0, 0.1) is 0 Å². The van der Waals surface area contributed by atoms with Gasteiger partial charge in [-0.15, -0.1) is 0 Å². The minimum absolute atomic E-state index is 0.0201. The first-order chi connectivity index (χ1) is 10.3. The molecular formula is C17H22N2O3.